The largest absolute Gasteiger partial charge is 0.361 e. The van der Waals surface area contributed by atoms with Gasteiger partial charge in [0.25, 0.3) is 0 Å². The summed E-state index contributed by atoms with van der Waals surface area (Å²) in [5.41, 5.74) is 2.59. The van der Waals surface area contributed by atoms with Gasteiger partial charge in [-0.2, -0.15) is 0 Å². The summed E-state index contributed by atoms with van der Waals surface area (Å²) in [5.74, 6) is 5.27. The molecule has 0 fully saturated rings. The quantitative estimate of drug-likeness (QED) is 0.343. The minimum Gasteiger partial charge on any atom is -0.361 e. The number of aromatic nitrogens is 1. The van der Waals surface area contributed by atoms with Gasteiger partial charge in [-0.15, -0.1) is 0 Å². The number of nitrogens with one attached hydrogen (secondary N) is 1. The average molecular weight is 155 g/mol. The van der Waals surface area contributed by atoms with E-state index in [1.54, 1.807) is 13.0 Å². The Labute approximate surface area is 63.5 Å². The Hall–Kier alpha value is -1.36. The predicted molar refractivity (Wildman–Crippen MR) is 37.3 cm³/mol. The van der Waals surface area contributed by atoms with Crippen molar-refractivity contribution in [3.63, 3.8) is 0 Å². The topological polar surface area (TPSA) is 81.2 Å². The number of hydrazine groups is 1. The highest BCUT2D eigenvalue weighted by molar-refractivity contribution is 5.77. The van der Waals surface area contributed by atoms with E-state index in [0.29, 0.717) is 11.5 Å². The van der Waals surface area contributed by atoms with Gasteiger partial charge in [0.2, 0.25) is 5.91 Å². The molecule has 0 atom stereocenters. The fraction of sp³-hybridized carbons (Fsp3) is 0.333. The van der Waals surface area contributed by atoms with Gasteiger partial charge in [0.15, 0.2) is 0 Å². The van der Waals surface area contributed by atoms with Crippen LogP contribution >= 0.6 is 0 Å². The fourth-order valence-corrected chi connectivity index (χ4v) is 0.717. The summed E-state index contributed by atoms with van der Waals surface area (Å²) in [6.45, 7) is 1.76. The first-order chi connectivity index (χ1) is 5.22. The van der Waals surface area contributed by atoms with E-state index in [1.165, 1.54) is 0 Å². The van der Waals surface area contributed by atoms with Gasteiger partial charge in [0, 0.05) is 6.07 Å². The van der Waals surface area contributed by atoms with Gasteiger partial charge in [-0.05, 0) is 6.92 Å². The molecule has 0 aliphatic rings. The molecule has 60 valence electrons. The summed E-state index contributed by atoms with van der Waals surface area (Å²) in [6.07, 6.45) is 0.161. The second kappa shape index (κ2) is 3.16. The monoisotopic (exact) mass is 155 g/mol. The molecule has 0 saturated heterocycles. The second-order valence-corrected chi connectivity index (χ2v) is 2.17. The summed E-state index contributed by atoms with van der Waals surface area (Å²) >= 11 is 0. The zero-order valence-corrected chi connectivity index (χ0v) is 6.13. The van der Waals surface area contributed by atoms with Gasteiger partial charge < -0.3 is 4.52 Å². The zero-order valence-electron chi connectivity index (χ0n) is 6.13. The lowest BCUT2D eigenvalue weighted by Crippen LogP contribution is -2.31. The third kappa shape index (κ3) is 2.05. The van der Waals surface area contributed by atoms with Crippen molar-refractivity contribution in [2.75, 3.05) is 0 Å². The molecular formula is C6H9N3O2. The molecule has 1 aromatic heterocycles. The van der Waals surface area contributed by atoms with E-state index in [4.69, 9.17) is 10.4 Å². The highest BCUT2D eigenvalue weighted by Crippen LogP contribution is 2.01. The Morgan fingerprint density at radius 1 is 1.91 bits per heavy atom. The highest BCUT2D eigenvalue weighted by atomic mass is 16.5. The van der Waals surface area contributed by atoms with Gasteiger partial charge in [-0.25, -0.2) is 5.84 Å². The number of hydrogen-bond acceptors (Lipinski definition) is 4. The molecule has 0 bridgehead atoms. The molecule has 0 spiro atoms. The van der Waals surface area contributed by atoms with Crippen LogP contribution in [0, 0.1) is 6.92 Å². The Balaban J connectivity index is 2.57. The summed E-state index contributed by atoms with van der Waals surface area (Å²) in [7, 11) is 0. The molecule has 1 aromatic rings. The third-order valence-electron chi connectivity index (χ3n) is 1.18. The number of carbonyl (C=O) groups excluding carboxylic acids is 1. The number of aryl methyl sites for hydroxylation is 1. The number of rotatable bonds is 2. The summed E-state index contributed by atoms with van der Waals surface area (Å²) in [5, 5.41) is 3.61. The highest BCUT2D eigenvalue weighted by Gasteiger charge is 2.04. The molecule has 0 aliphatic carbocycles. The van der Waals surface area contributed by atoms with Crippen LogP contribution in [-0.4, -0.2) is 11.1 Å². The van der Waals surface area contributed by atoms with Gasteiger partial charge in [-0.1, -0.05) is 5.16 Å². The molecule has 5 heteroatoms. The van der Waals surface area contributed by atoms with Gasteiger partial charge >= 0.3 is 0 Å². The Morgan fingerprint density at radius 3 is 3.09 bits per heavy atom. The van der Waals surface area contributed by atoms with Crippen molar-refractivity contribution in [2.24, 2.45) is 5.84 Å². The number of amides is 1. The van der Waals surface area contributed by atoms with Crippen LogP contribution in [0.15, 0.2) is 10.6 Å². The van der Waals surface area contributed by atoms with E-state index in [0.717, 1.165) is 0 Å². The van der Waals surface area contributed by atoms with E-state index in [9.17, 15) is 4.79 Å². The molecule has 1 amide bonds. The maximum absolute atomic E-state index is 10.7. The maximum atomic E-state index is 10.7. The third-order valence-corrected chi connectivity index (χ3v) is 1.18. The second-order valence-electron chi connectivity index (χ2n) is 2.17. The standard InChI is InChI=1S/C6H9N3O2/c1-4-2-5(9-11-4)3-6(10)8-7/h2H,3,7H2,1H3,(H,8,10). The normalized spacial score (nSPS) is 9.64. The van der Waals surface area contributed by atoms with Crippen LogP contribution in [0.25, 0.3) is 0 Å². The lowest BCUT2D eigenvalue weighted by atomic mass is 10.3. The Bertz CT molecular complexity index is 256. The van der Waals surface area contributed by atoms with Crippen LogP contribution in [0.1, 0.15) is 11.5 Å². The SMILES string of the molecule is Cc1cc(CC(=O)NN)no1. The van der Waals surface area contributed by atoms with E-state index in [2.05, 4.69) is 5.16 Å². The lowest BCUT2D eigenvalue weighted by Gasteiger charge is -1.92. The van der Waals surface area contributed by atoms with Crippen LogP contribution in [0.3, 0.4) is 0 Å². The number of nitrogens with two attached hydrogens (primary N) is 1. The van der Waals surface area contributed by atoms with E-state index in [-0.39, 0.29) is 12.3 Å². The first-order valence-electron chi connectivity index (χ1n) is 3.14. The first-order valence-corrected chi connectivity index (χ1v) is 3.14. The van der Waals surface area contributed by atoms with Crippen molar-refractivity contribution >= 4 is 5.91 Å². The average Bonchev–Trinajstić information content (AvgIpc) is 2.35. The van der Waals surface area contributed by atoms with Crippen molar-refractivity contribution in [1.82, 2.24) is 10.6 Å². The molecule has 0 unspecified atom stereocenters. The van der Waals surface area contributed by atoms with Gasteiger partial charge in [0.05, 0.1) is 12.1 Å². The fourth-order valence-electron chi connectivity index (χ4n) is 0.717. The lowest BCUT2D eigenvalue weighted by molar-refractivity contribution is -0.120. The molecule has 1 heterocycles. The van der Waals surface area contributed by atoms with Crippen LogP contribution < -0.4 is 11.3 Å². The van der Waals surface area contributed by atoms with Crippen molar-refractivity contribution in [3.8, 4) is 0 Å². The molecule has 1 rings (SSSR count). The van der Waals surface area contributed by atoms with E-state index >= 15 is 0 Å². The van der Waals surface area contributed by atoms with Crippen LogP contribution in [0.5, 0.6) is 0 Å². The van der Waals surface area contributed by atoms with Crippen LogP contribution in [0.4, 0.5) is 0 Å². The first kappa shape index (κ1) is 7.74. The summed E-state index contributed by atoms with van der Waals surface area (Å²) in [6, 6.07) is 1.69. The molecule has 11 heavy (non-hydrogen) atoms. The minimum absolute atomic E-state index is 0.161. The minimum atomic E-state index is -0.279. The zero-order chi connectivity index (χ0) is 8.27. The molecule has 0 saturated carbocycles. The van der Waals surface area contributed by atoms with E-state index < -0.39 is 0 Å². The molecule has 5 nitrogen and oxygen atoms in total. The van der Waals surface area contributed by atoms with Crippen LogP contribution in [0.2, 0.25) is 0 Å². The molecule has 0 radical (unpaired) electrons. The predicted octanol–water partition coefficient (Wildman–Crippen LogP) is -0.485. The number of hydrogen-bond donors (Lipinski definition) is 2. The number of carbonyl (C=O) groups is 1. The van der Waals surface area contributed by atoms with Crippen LogP contribution in [-0.2, 0) is 11.2 Å². The summed E-state index contributed by atoms with van der Waals surface area (Å²) in [4.78, 5) is 10.7. The smallest absolute Gasteiger partial charge is 0.240 e. The maximum Gasteiger partial charge on any atom is 0.240 e. The van der Waals surface area contributed by atoms with Gasteiger partial charge in [-0.3, -0.25) is 10.2 Å². The van der Waals surface area contributed by atoms with Gasteiger partial charge in [0.1, 0.15) is 5.76 Å². The van der Waals surface area contributed by atoms with Crippen molar-refractivity contribution in [3.05, 3.63) is 17.5 Å². The summed E-state index contributed by atoms with van der Waals surface area (Å²) < 4.78 is 4.74. The van der Waals surface area contributed by atoms with Crippen molar-refractivity contribution in [1.29, 1.82) is 0 Å². The van der Waals surface area contributed by atoms with Crippen molar-refractivity contribution < 1.29 is 9.32 Å². The van der Waals surface area contributed by atoms with Crippen molar-refractivity contribution in [2.45, 2.75) is 13.3 Å². The number of nitrogens with zero attached hydrogens (tertiary/aromatic N) is 1. The molecule has 0 aliphatic heterocycles. The Morgan fingerprint density at radius 2 is 2.64 bits per heavy atom. The molecule has 3 N–H and O–H groups in total. The molecule has 0 aromatic carbocycles. The van der Waals surface area contributed by atoms with E-state index in [1.807, 2.05) is 5.43 Å². The molecular weight excluding hydrogens is 146 g/mol. The Kier molecular flexibility index (Phi) is 2.22.